The lowest BCUT2D eigenvalue weighted by molar-refractivity contribution is 0.471. The molecular weight excluding hydrogens is 150 g/mol. The molecule has 1 aromatic rings. The second kappa shape index (κ2) is 3.72. The van der Waals surface area contributed by atoms with Crippen molar-refractivity contribution >= 4 is 12.3 Å². The van der Waals surface area contributed by atoms with Gasteiger partial charge in [0.2, 0.25) is 0 Å². The summed E-state index contributed by atoms with van der Waals surface area (Å²) >= 11 is 0. The number of aromatic hydroxyl groups is 1. The van der Waals surface area contributed by atoms with Crippen molar-refractivity contribution in [1.82, 2.24) is 0 Å². The van der Waals surface area contributed by atoms with Crippen LogP contribution in [0.15, 0.2) is 24.3 Å². The van der Waals surface area contributed by atoms with Crippen molar-refractivity contribution in [2.45, 2.75) is 6.92 Å². The Hall–Kier alpha value is -1.57. The summed E-state index contributed by atoms with van der Waals surface area (Å²) in [6.45, 7) is 1.85. The van der Waals surface area contributed by atoms with Crippen molar-refractivity contribution in [1.29, 1.82) is 5.41 Å². The zero-order chi connectivity index (χ0) is 8.97. The van der Waals surface area contributed by atoms with Gasteiger partial charge in [-0.05, 0) is 30.2 Å². The van der Waals surface area contributed by atoms with Crippen molar-refractivity contribution in [3.05, 3.63) is 35.4 Å². The minimum Gasteiger partial charge on any atom is -0.508 e. The molecule has 0 bridgehead atoms. The summed E-state index contributed by atoms with van der Waals surface area (Å²) in [4.78, 5) is 0. The van der Waals surface area contributed by atoms with Crippen LogP contribution >= 0.6 is 0 Å². The molecular formula is C10H11NO. The lowest BCUT2D eigenvalue weighted by Gasteiger charge is -2.01. The average molecular weight is 161 g/mol. The summed E-state index contributed by atoms with van der Waals surface area (Å²) in [5, 5.41) is 16.1. The Morgan fingerprint density at radius 2 is 2.17 bits per heavy atom. The highest BCUT2D eigenvalue weighted by molar-refractivity contribution is 5.76. The largest absolute Gasteiger partial charge is 0.508 e. The predicted octanol–water partition coefficient (Wildman–Crippen LogP) is 2.36. The number of hydrogen-bond donors (Lipinski definition) is 2. The SMILES string of the molecule is Cc1c(O)cccc1/C=C\C=N. The highest BCUT2D eigenvalue weighted by Gasteiger charge is 1.97. The van der Waals surface area contributed by atoms with Gasteiger partial charge in [-0.15, -0.1) is 0 Å². The van der Waals surface area contributed by atoms with Gasteiger partial charge in [0.1, 0.15) is 5.75 Å². The van der Waals surface area contributed by atoms with Crippen LogP contribution in [0, 0.1) is 12.3 Å². The van der Waals surface area contributed by atoms with Crippen molar-refractivity contribution in [2.24, 2.45) is 0 Å². The lowest BCUT2D eigenvalue weighted by atomic mass is 10.1. The summed E-state index contributed by atoms with van der Waals surface area (Å²) in [6, 6.07) is 5.33. The molecule has 0 fully saturated rings. The number of benzene rings is 1. The maximum Gasteiger partial charge on any atom is 0.119 e. The first-order chi connectivity index (χ1) is 5.75. The van der Waals surface area contributed by atoms with E-state index in [0.717, 1.165) is 11.1 Å². The van der Waals surface area contributed by atoms with Crippen LogP contribution < -0.4 is 0 Å². The third-order valence-electron chi connectivity index (χ3n) is 1.72. The van der Waals surface area contributed by atoms with Crippen LogP contribution in [0.1, 0.15) is 11.1 Å². The molecule has 2 N–H and O–H groups in total. The summed E-state index contributed by atoms with van der Waals surface area (Å²) in [7, 11) is 0. The lowest BCUT2D eigenvalue weighted by Crippen LogP contribution is -1.80. The molecule has 12 heavy (non-hydrogen) atoms. The van der Waals surface area contributed by atoms with Gasteiger partial charge >= 0.3 is 0 Å². The minimum atomic E-state index is 0.294. The molecule has 0 aliphatic carbocycles. The highest BCUT2D eigenvalue weighted by atomic mass is 16.3. The first kappa shape index (κ1) is 8.53. The third kappa shape index (κ3) is 1.72. The fourth-order valence-corrected chi connectivity index (χ4v) is 0.973. The topological polar surface area (TPSA) is 44.1 Å². The van der Waals surface area contributed by atoms with Crippen molar-refractivity contribution < 1.29 is 5.11 Å². The van der Waals surface area contributed by atoms with E-state index in [1.807, 2.05) is 13.0 Å². The fourth-order valence-electron chi connectivity index (χ4n) is 0.973. The fraction of sp³-hybridized carbons (Fsp3) is 0.100. The molecule has 0 amide bonds. The monoisotopic (exact) mass is 161 g/mol. The van der Waals surface area contributed by atoms with Gasteiger partial charge in [0, 0.05) is 6.21 Å². The first-order valence-corrected chi connectivity index (χ1v) is 3.71. The standard InChI is InChI=1S/C10H11NO/c1-8-9(5-3-7-11)4-2-6-10(8)12/h2-7,11-12H,1H3/b5-3-,11-7?. The molecule has 0 radical (unpaired) electrons. The minimum absolute atomic E-state index is 0.294. The van der Waals surface area contributed by atoms with Gasteiger partial charge in [0.05, 0.1) is 0 Å². The van der Waals surface area contributed by atoms with E-state index in [-0.39, 0.29) is 0 Å². The number of rotatable bonds is 2. The van der Waals surface area contributed by atoms with E-state index >= 15 is 0 Å². The van der Waals surface area contributed by atoms with E-state index in [2.05, 4.69) is 0 Å². The van der Waals surface area contributed by atoms with Crippen LogP contribution in [-0.2, 0) is 0 Å². The van der Waals surface area contributed by atoms with Crippen molar-refractivity contribution in [3.63, 3.8) is 0 Å². The number of hydrogen-bond acceptors (Lipinski definition) is 2. The Morgan fingerprint density at radius 3 is 2.83 bits per heavy atom. The van der Waals surface area contributed by atoms with E-state index in [1.165, 1.54) is 6.21 Å². The molecule has 0 saturated heterocycles. The molecule has 0 heterocycles. The number of phenols is 1. The zero-order valence-corrected chi connectivity index (χ0v) is 6.91. The summed E-state index contributed by atoms with van der Waals surface area (Å²) in [5.74, 6) is 0.294. The van der Waals surface area contributed by atoms with Gasteiger partial charge < -0.3 is 10.5 Å². The molecule has 0 unspecified atom stereocenters. The molecule has 62 valence electrons. The molecule has 0 aromatic heterocycles. The van der Waals surface area contributed by atoms with Gasteiger partial charge in [-0.1, -0.05) is 18.2 Å². The van der Waals surface area contributed by atoms with E-state index in [1.54, 1.807) is 24.3 Å². The van der Waals surface area contributed by atoms with Crippen LogP contribution in [-0.4, -0.2) is 11.3 Å². The quantitative estimate of drug-likeness (QED) is 0.642. The Bertz CT molecular complexity index is 316. The predicted molar refractivity (Wildman–Crippen MR) is 50.7 cm³/mol. The van der Waals surface area contributed by atoms with E-state index in [4.69, 9.17) is 5.41 Å². The second-order valence-corrected chi connectivity index (χ2v) is 2.52. The highest BCUT2D eigenvalue weighted by Crippen LogP contribution is 2.20. The number of phenolic OH excluding ortho intramolecular Hbond substituents is 1. The molecule has 0 atom stereocenters. The van der Waals surface area contributed by atoms with E-state index < -0.39 is 0 Å². The normalized spacial score (nSPS) is 10.4. The number of nitrogens with one attached hydrogen (secondary N) is 1. The van der Waals surface area contributed by atoms with Crippen molar-refractivity contribution in [2.75, 3.05) is 0 Å². The molecule has 0 spiro atoms. The second-order valence-electron chi connectivity index (χ2n) is 2.52. The van der Waals surface area contributed by atoms with Gasteiger partial charge in [-0.3, -0.25) is 0 Å². The van der Waals surface area contributed by atoms with Crippen LogP contribution in [0.2, 0.25) is 0 Å². The maximum atomic E-state index is 9.31. The molecule has 0 aliphatic rings. The zero-order valence-electron chi connectivity index (χ0n) is 6.91. The molecule has 0 aliphatic heterocycles. The Balaban J connectivity index is 3.07. The Labute approximate surface area is 71.7 Å². The van der Waals surface area contributed by atoms with E-state index in [0.29, 0.717) is 5.75 Å². The van der Waals surface area contributed by atoms with Crippen molar-refractivity contribution in [3.8, 4) is 5.75 Å². The summed E-state index contributed by atoms with van der Waals surface area (Å²) in [6.07, 6.45) is 4.63. The smallest absolute Gasteiger partial charge is 0.119 e. The molecule has 2 heteroatoms. The average Bonchev–Trinajstić information content (AvgIpc) is 2.08. The number of allylic oxidation sites excluding steroid dienone is 1. The van der Waals surface area contributed by atoms with Gasteiger partial charge in [-0.25, -0.2) is 0 Å². The van der Waals surface area contributed by atoms with E-state index in [9.17, 15) is 5.11 Å². The van der Waals surface area contributed by atoms with Gasteiger partial charge in [0.15, 0.2) is 0 Å². The maximum absolute atomic E-state index is 9.31. The molecule has 2 nitrogen and oxygen atoms in total. The molecule has 1 rings (SSSR count). The molecule has 0 saturated carbocycles. The Kier molecular flexibility index (Phi) is 2.64. The van der Waals surface area contributed by atoms with Crippen LogP contribution in [0.25, 0.3) is 6.08 Å². The molecule has 1 aromatic carbocycles. The van der Waals surface area contributed by atoms with Crippen LogP contribution in [0.5, 0.6) is 5.75 Å². The van der Waals surface area contributed by atoms with Gasteiger partial charge in [-0.2, -0.15) is 0 Å². The first-order valence-electron chi connectivity index (χ1n) is 3.71. The van der Waals surface area contributed by atoms with Crippen LogP contribution in [0.3, 0.4) is 0 Å². The van der Waals surface area contributed by atoms with Gasteiger partial charge in [0.25, 0.3) is 0 Å². The summed E-state index contributed by atoms with van der Waals surface area (Å²) in [5.41, 5.74) is 1.79. The third-order valence-corrected chi connectivity index (χ3v) is 1.72. The summed E-state index contributed by atoms with van der Waals surface area (Å²) < 4.78 is 0. The Morgan fingerprint density at radius 1 is 1.42 bits per heavy atom. The van der Waals surface area contributed by atoms with Crippen LogP contribution in [0.4, 0.5) is 0 Å².